The quantitative estimate of drug-likeness (QED) is 0.789. The van der Waals surface area contributed by atoms with Gasteiger partial charge >= 0.3 is 6.09 Å². The Kier molecular flexibility index (Phi) is 3.30. The topological polar surface area (TPSA) is 40.2 Å². The fraction of sp³-hybridized carbons (Fsp3) is 0. The standard InChI is InChI=1S/C13H9ClNO2/c14-10-6-8-12(9-7-10)15(13(16)17)11-4-2-1-3-5-11/h1-9H. The first-order valence-electron chi connectivity index (χ1n) is 5.00. The first-order valence-corrected chi connectivity index (χ1v) is 5.38. The molecule has 0 aliphatic rings. The number of carbonyl (C=O) groups is 1. The second-order valence-electron chi connectivity index (χ2n) is 3.41. The van der Waals surface area contributed by atoms with E-state index in [1.807, 2.05) is 6.07 Å². The molecule has 2 rings (SSSR count). The summed E-state index contributed by atoms with van der Waals surface area (Å²) >= 11 is 5.76. The van der Waals surface area contributed by atoms with E-state index in [2.05, 4.69) is 0 Å². The summed E-state index contributed by atoms with van der Waals surface area (Å²) in [5.74, 6) is 0. The molecule has 4 heteroatoms. The number of amides is 1. The van der Waals surface area contributed by atoms with Gasteiger partial charge in [-0.3, -0.25) is 0 Å². The second-order valence-corrected chi connectivity index (χ2v) is 3.85. The zero-order valence-corrected chi connectivity index (χ0v) is 9.59. The van der Waals surface area contributed by atoms with Crippen LogP contribution >= 0.6 is 11.6 Å². The van der Waals surface area contributed by atoms with Crippen molar-refractivity contribution in [1.82, 2.24) is 0 Å². The van der Waals surface area contributed by atoms with Crippen LogP contribution in [0.3, 0.4) is 0 Å². The third kappa shape index (κ3) is 2.57. The van der Waals surface area contributed by atoms with Gasteiger partial charge in [0.05, 0.1) is 11.4 Å². The van der Waals surface area contributed by atoms with E-state index in [0.717, 1.165) is 4.90 Å². The number of para-hydroxylation sites is 1. The summed E-state index contributed by atoms with van der Waals surface area (Å²) in [5, 5.41) is 11.7. The molecule has 1 amide bonds. The van der Waals surface area contributed by atoms with Crippen molar-refractivity contribution in [3.8, 4) is 0 Å². The molecule has 0 atom stereocenters. The predicted molar refractivity (Wildman–Crippen MR) is 66.1 cm³/mol. The van der Waals surface area contributed by atoms with E-state index in [4.69, 9.17) is 11.6 Å². The molecule has 0 aliphatic carbocycles. The highest BCUT2D eigenvalue weighted by molar-refractivity contribution is 6.30. The molecule has 0 bridgehead atoms. The molecule has 0 spiro atoms. The molecule has 2 aromatic rings. The van der Waals surface area contributed by atoms with Crippen molar-refractivity contribution < 1.29 is 9.90 Å². The van der Waals surface area contributed by atoms with Gasteiger partial charge in [-0.15, -0.1) is 0 Å². The van der Waals surface area contributed by atoms with Crippen LogP contribution in [-0.4, -0.2) is 6.09 Å². The summed E-state index contributed by atoms with van der Waals surface area (Å²) in [6.07, 6.45) is -1.28. The minimum Gasteiger partial charge on any atom is -0.243 e. The minimum absolute atomic E-state index is 0.501. The largest absolute Gasteiger partial charge is 0.462 e. The normalized spacial score (nSPS) is 9.94. The van der Waals surface area contributed by atoms with E-state index < -0.39 is 6.09 Å². The number of nitrogens with zero attached hydrogens (tertiary/aromatic N) is 1. The van der Waals surface area contributed by atoms with Crippen LogP contribution in [0, 0.1) is 0 Å². The number of hydrogen-bond donors (Lipinski definition) is 0. The minimum atomic E-state index is -1.28. The third-order valence-electron chi connectivity index (χ3n) is 2.28. The molecular weight excluding hydrogens is 238 g/mol. The first-order chi connectivity index (χ1) is 8.18. The van der Waals surface area contributed by atoms with Gasteiger partial charge in [0.15, 0.2) is 0 Å². The molecule has 3 nitrogen and oxygen atoms in total. The Morgan fingerprint density at radius 1 is 0.882 bits per heavy atom. The Morgan fingerprint density at radius 3 is 1.94 bits per heavy atom. The molecule has 1 radical (unpaired) electrons. The summed E-state index contributed by atoms with van der Waals surface area (Å²) in [4.78, 5) is 12.3. The molecule has 0 saturated heterocycles. The van der Waals surface area contributed by atoms with Crippen molar-refractivity contribution in [2.75, 3.05) is 4.90 Å². The fourth-order valence-corrected chi connectivity index (χ4v) is 1.65. The lowest BCUT2D eigenvalue weighted by molar-refractivity contribution is 0.179. The van der Waals surface area contributed by atoms with Crippen molar-refractivity contribution in [1.29, 1.82) is 0 Å². The van der Waals surface area contributed by atoms with Gasteiger partial charge in [0.2, 0.25) is 0 Å². The number of benzene rings is 2. The van der Waals surface area contributed by atoms with Gasteiger partial charge in [-0.25, -0.2) is 14.8 Å². The maximum atomic E-state index is 11.2. The van der Waals surface area contributed by atoms with Crippen LogP contribution in [0.15, 0.2) is 54.6 Å². The SMILES string of the molecule is [O]C(=O)N(c1ccccc1)c1ccc(Cl)cc1. The second kappa shape index (κ2) is 4.89. The van der Waals surface area contributed by atoms with Crippen molar-refractivity contribution in [3.05, 3.63) is 59.6 Å². The molecule has 0 saturated carbocycles. The van der Waals surface area contributed by atoms with Crippen LogP contribution < -0.4 is 4.90 Å². The Labute approximate surface area is 104 Å². The summed E-state index contributed by atoms with van der Waals surface area (Å²) in [7, 11) is 0. The van der Waals surface area contributed by atoms with Gasteiger partial charge in [0, 0.05) is 5.02 Å². The first kappa shape index (κ1) is 11.5. The van der Waals surface area contributed by atoms with E-state index in [1.54, 1.807) is 48.5 Å². The molecule has 0 unspecified atom stereocenters. The fourth-order valence-electron chi connectivity index (χ4n) is 1.53. The highest BCUT2D eigenvalue weighted by atomic mass is 35.5. The van der Waals surface area contributed by atoms with Gasteiger partial charge in [-0.05, 0) is 36.4 Å². The molecule has 0 fully saturated rings. The van der Waals surface area contributed by atoms with Crippen LogP contribution in [0.1, 0.15) is 0 Å². The summed E-state index contributed by atoms with van der Waals surface area (Å²) in [6, 6.07) is 15.3. The molecule has 0 N–H and O–H groups in total. The molecule has 0 aromatic heterocycles. The maximum Gasteiger partial charge on any atom is 0.462 e. The lowest BCUT2D eigenvalue weighted by Gasteiger charge is -2.17. The van der Waals surface area contributed by atoms with Gasteiger partial charge in [0.25, 0.3) is 0 Å². The highest BCUT2D eigenvalue weighted by Gasteiger charge is 2.17. The van der Waals surface area contributed by atoms with Gasteiger partial charge in [-0.2, -0.15) is 0 Å². The van der Waals surface area contributed by atoms with Crippen LogP contribution in [0.2, 0.25) is 5.02 Å². The summed E-state index contributed by atoms with van der Waals surface area (Å²) < 4.78 is 0. The number of hydrogen-bond acceptors (Lipinski definition) is 1. The maximum absolute atomic E-state index is 11.2. The average molecular weight is 247 g/mol. The smallest absolute Gasteiger partial charge is 0.243 e. The lowest BCUT2D eigenvalue weighted by atomic mass is 10.2. The Morgan fingerprint density at radius 2 is 1.41 bits per heavy atom. The molecule has 17 heavy (non-hydrogen) atoms. The molecule has 85 valence electrons. The zero-order chi connectivity index (χ0) is 12.3. The zero-order valence-electron chi connectivity index (χ0n) is 8.84. The van der Waals surface area contributed by atoms with E-state index in [-0.39, 0.29) is 0 Å². The van der Waals surface area contributed by atoms with Gasteiger partial charge in [-0.1, -0.05) is 29.8 Å². The monoisotopic (exact) mass is 246 g/mol. The van der Waals surface area contributed by atoms with E-state index in [0.29, 0.717) is 16.4 Å². The number of rotatable bonds is 2. The van der Waals surface area contributed by atoms with Crippen molar-refractivity contribution in [2.24, 2.45) is 0 Å². The van der Waals surface area contributed by atoms with Crippen molar-refractivity contribution in [2.45, 2.75) is 0 Å². The van der Waals surface area contributed by atoms with Gasteiger partial charge < -0.3 is 0 Å². The average Bonchev–Trinajstić information content (AvgIpc) is 2.33. The number of carbonyl (C=O) groups excluding carboxylic acids is 1. The van der Waals surface area contributed by atoms with E-state index >= 15 is 0 Å². The molecule has 0 heterocycles. The van der Waals surface area contributed by atoms with E-state index in [9.17, 15) is 9.90 Å². The molecular formula is C13H9ClNO2. The third-order valence-corrected chi connectivity index (χ3v) is 2.53. The van der Waals surface area contributed by atoms with Crippen LogP contribution in [0.5, 0.6) is 0 Å². The van der Waals surface area contributed by atoms with E-state index in [1.165, 1.54) is 0 Å². The summed E-state index contributed by atoms with van der Waals surface area (Å²) in [5.41, 5.74) is 1.04. The van der Waals surface area contributed by atoms with Crippen LogP contribution in [0.4, 0.5) is 16.2 Å². The lowest BCUT2D eigenvalue weighted by Crippen LogP contribution is -2.22. The Balaban J connectivity index is 2.43. The van der Waals surface area contributed by atoms with Crippen molar-refractivity contribution in [3.63, 3.8) is 0 Å². The van der Waals surface area contributed by atoms with Gasteiger partial charge in [0.1, 0.15) is 0 Å². The Bertz CT molecular complexity index is 511. The number of anilines is 2. The van der Waals surface area contributed by atoms with Crippen LogP contribution in [0.25, 0.3) is 0 Å². The predicted octanol–water partition coefficient (Wildman–Crippen LogP) is 4.03. The van der Waals surface area contributed by atoms with Crippen LogP contribution in [-0.2, 0) is 5.11 Å². The summed E-state index contributed by atoms with van der Waals surface area (Å²) in [6.45, 7) is 0. The number of halogens is 1. The van der Waals surface area contributed by atoms with Crippen molar-refractivity contribution >= 4 is 29.1 Å². The molecule has 2 aromatic carbocycles. The Hall–Kier alpha value is -2.00. The molecule has 0 aliphatic heterocycles. The highest BCUT2D eigenvalue weighted by Crippen LogP contribution is 2.26.